The Kier molecular flexibility index (Phi) is 4.77. The van der Waals surface area contributed by atoms with Gasteiger partial charge < -0.3 is 9.84 Å². The maximum absolute atomic E-state index is 9.99. The molecule has 3 atom stereocenters. The average molecular weight is 229 g/mol. The Morgan fingerprint density at radius 2 is 1.75 bits per heavy atom. The van der Waals surface area contributed by atoms with Crippen molar-refractivity contribution in [3.8, 4) is 0 Å². The van der Waals surface area contributed by atoms with E-state index in [1.165, 1.54) is 0 Å². The second-order valence-electron chi connectivity index (χ2n) is 6.19. The monoisotopic (exact) mass is 229 g/mol. The highest BCUT2D eigenvalue weighted by Crippen LogP contribution is 2.22. The van der Waals surface area contributed by atoms with Crippen LogP contribution in [0.25, 0.3) is 0 Å². The van der Waals surface area contributed by atoms with Crippen LogP contribution in [0.2, 0.25) is 0 Å². The molecule has 3 heteroatoms. The van der Waals surface area contributed by atoms with Gasteiger partial charge >= 0.3 is 0 Å². The molecule has 0 saturated carbocycles. The van der Waals surface area contributed by atoms with Crippen LogP contribution in [0, 0.1) is 5.41 Å². The van der Waals surface area contributed by atoms with Crippen molar-refractivity contribution in [1.82, 2.24) is 4.90 Å². The lowest BCUT2D eigenvalue weighted by Crippen LogP contribution is -2.46. The molecule has 1 aliphatic rings. The van der Waals surface area contributed by atoms with Crippen LogP contribution in [0.15, 0.2) is 0 Å². The number of morpholine rings is 1. The Morgan fingerprint density at radius 1 is 1.25 bits per heavy atom. The van der Waals surface area contributed by atoms with Crippen molar-refractivity contribution < 1.29 is 9.84 Å². The van der Waals surface area contributed by atoms with E-state index in [9.17, 15) is 5.11 Å². The first-order chi connectivity index (χ1) is 7.29. The quantitative estimate of drug-likeness (QED) is 0.802. The summed E-state index contributed by atoms with van der Waals surface area (Å²) in [5.74, 6) is 0. The van der Waals surface area contributed by atoms with Crippen LogP contribution in [0.5, 0.6) is 0 Å². The normalized spacial score (nSPS) is 30.4. The van der Waals surface area contributed by atoms with Crippen LogP contribution in [-0.2, 0) is 4.74 Å². The number of hydrogen-bond acceptors (Lipinski definition) is 3. The van der Waals surface area contributed by atoms with E-state index in [-0.39, 0.29) is 11.5 Å². The van der Waals surface area contributed by atoms with Gasteiger partial charge in [-0.25, -0.2) is 0 Å². The van der Waals surface area contributed by atoms with E-state index >= 15 is 0 Å². The summed E-state index contributed by atoms with van der Waals surface area (Å²) in [6, 6.07) is 0. The number of ether oxygens (including phenoxy) is 1. The Morgan fingerprint density at radius 3 is 2.19 bits per heavy atom. The molecular weight excluding hydrogens is 202 g/mol. The standard InChI is InChI=1S/C13H27NO2/c1-10-8-14(9-11(2)16-10)7-6-12(15)13(3,4)5/h10-12,15H,6-9H2,1-5H3/t10-,11+,12?. The van der Waals surface area contributed by atoms with Gasteiger partial charge in [-0.3, -0.25) is 4.90 Å². The summed E-state index contributed by atoms with van der Waals surface area (Å²) in [5.41, 5.74) is -0.0104. The van der Waals surface area contributed by atoms with E-state index in [1.807, 2.05) is 0 Å². The fourth-order valence-corrected chi connectivity index (χ4v) is 2.20. The first-order valence-electron chi connectivity index (χ1n) is 6.35. The lowest BCUT2D eigenvalue weighted by Gasteiger charge is -2.36. The fourth-order valence-electron chi connectivity index (χ4n) is 2.20. The lowest BCUT2D eigenvalue weighted by atomic mass is 9.87. The molecule has 0 amide bonds. The third kappa shape index (κ3) is 4.40. The summed E-state index contributed by atoms with van der Waals surface area (Å²) < 4.78 is 5.69. The van der Waals surface area contributed by atoms with Crippen molar-refractivity contribution >= 4 is 0 Å². The molecular formula is C13H27NO2. The van der Waals surface area contributed by atoms with Crippen molar-refractivity contribution in [3.63, 3.8) is 0 Å². The predicted molar refractivity (Wildman–Crippen MR) is 66.5 cm³/mol. The molecule has 1 N–H and O–H groups in total. The third-order valence-electron chi connectivity index (χ3n) is 3.21. The molecule has 0 aromatic heterocycles. The fraction of sp³-hybridized carbons (Fsp3) is 1.00. The van der Waals surface area contributed by atoms with E-state index in [0.717, 1.165) is 26.1 Å². The SMILES string of the molecule is C[C@@H]1CN(CCC(O)C(C)(C)C)C[C@H](C)O1. The number of rotatable bonds is 3. The molecule has 1 rings (SSSR count). The van der Waals surface area contributed by atoms with Gasteiger partial charge in [-0.15, -0.1) is 0 Å². The smallest absolute Gasteiger partial charge is 0.0678 e. The van der Waals surface area contributed by atoms with Gasteiger partial charge in [0.05, 0.1) is 18.3 Å². The van der Waals surface area contributed by atoms with Gasteiger partial charge in [0.15, 0.2) is 0 Å². The van der Waals surface area contributed by atoms with Crippen LogP contribution in [0.4, 0.5) is 0 Å². The van der Waals surface area contributed by atoms with Crippen molar-refractivity contribution in [2.24, 2.45) is 5.41 Å². The molecule has 0 bridgehead atoms. The summed E-state index contributed by atoms with van der Waals surface area (Å²) in [6.45, 7) is 13.4. The van der Waals surface area contributed by atoms with Gasteiger partial charge in [0, 0.05) is 19.6 Å². The Balaban J connectivity index is 2.32. The average Bonchev–Trinajstić information content (AvgIpc) is 2.11. The Labute approximate surface area is 99.8 Å². The molecule has 0 aliphatic carbocycles. The predicted octanol–water partition coefficient (Wildman–Crippen LogP) is 1.89. The molecule has 1 heterocycles. The van der Waals surface area contributed by atoms with Crippen molar-refractivity contribution in [2.45, 2.75) is 59.4 Å². The molecule has 96 valence electrons. The van der Waals surface area contributed by atoms with Gasteiger partial charge in [0.25, 0.3) is 0 Å². The van der Waals surface area contributed by atoms with Gasteiger partial charge in [-0.2, -0.15) is 0 Å². The molecule has 16 heavy (non-hydrogen) atoms. The topological polar surface area (TPSA) is 32.7 Å². The molecule has 3 nitrogen and oxygen atoms in total. The summed E-state index contributed by atoms with van der Waals surface area (Å²) in [7, 11) is 0. The third-order valence-corrected chi connectivity index (χ3v) is 3.21. The van der Waals surface area contributed by atoms with Crippen molar-refractivity contribution in [3.05, 3.63) is 0 Å². The first kappa shape index (κ1) is 13.9. The maximum atomic E-state index is 9.99. The van der Waals surface area contributed by atoms with E-state index in [4.69, 9.17) is 4.74 Å². The highest BCUT2D eigenvalue weighted by molar-refractivity contribution is 4.77. The lowest BCUT2D eigenvalue weighted by molar-refractivity contribution is -0.0724. The second-order valence-corrected chi connectivity index (χ2v) is 6.19. The molecule has 1 unspecified atom stereocenters. The Hall–Kier alpha value is -0.120. The minimum absolute atomic E-state index is 0.0104. The van der Waals surface area contributed by atoms with Gasteiger partial charge in [0.1, 0.15) is 0 Å². The summed E-state index contributed by atoms with van der Waals surface area (Å²) in [6.07, 6.45) is 1.26. The van der Waals surface area contributed by atoms with Gasteiger partial charge in [-0.1, -0.05) is 20.8 Å². The molecule has 0 spiro atoms. The number of aliphatic hydroxyl groups excluding tert-OH is 1. The highest BCUT2D eigenvalue weighted by Gasteiger charge is 2.25. The zero-order chi connectivity index (χ0) is 12.3. The minimum atomic E-state index is -0.221. The van der Waals surface area contributed by atoms with Crippen LogP contribution >= 0.6 is 0 Å². The van der Waals surface area contributed by atoms with Crippen molar-refractivity contribution in [2.75, 3.05) is 19.6 Å². The van der Waals surface area contributed by atoms with Crippen LogP contribution in [0.3, 0.4) is 0 Å². The molecule has 0 aromatic carbocycles. The van der Waals surface area contributed by atoms with Crippen LogP contribution in [-0.4, -0.2) is 48.0 Å². The summed E-state index contributed by atoms with van der Waals surface area (Å²) in [4.78, 5) is 2.40. The van der Waals surface area contributed by atoms with E-state index in [1.54, 1.807) is 0 Å². The molecule has 0 aromatic rings. The largest absolute Gasteiger partial charge is 0.393 e. The van der Waals surface area contributed by atoms with Crippen LogP contribution < -0.4 is 0 Å². The van der Waals surface area contributed by atoms with Gasteiger partial charge in [-0.05, 0) is 25.7 Å². The number of nitrogens with zero attached hydrogens (tertiary/aromatic N) is 1. The van der Waals surface area contributed by atoms with Crippen LogP contribution in [0.1, 0.15) is 41.0 Å². The second kappa shape index (κ2) is 5.48. The van der Waals surface area contributed by atoms with E-state index in [0.29, 0.717) is 12.2 Å². The Bertz CT molecular complexity index is 202. The summed E-state index contributed by atoms with van der Waals surface area (Å²) >= 11 is 0. The zero-order valence-corrected chi connectivity index (χ0v) is 11.4. The first-order valence-corrected chi connectivity index (χ1v) is 6.35. The molecule has 1 saturated heterocycles. The molecule has 1 aliphatic heterocycles. The maximum Gasteiger partial charge on any atom is 0.0678 e. The summed E-state index contributed by atoms with van der Waals surface area (Å²) in [5, 5.41) is 9.99. The van der Waals surface area contributed by atoms with Crippen molar-refractivity contribution in [1.29, 1.82) is 0 Å². The molecule has 1 fully saturated rings. The minimum Gasteiger partial charge on any atom is -0.393 e. The van der Waals surface area contributed by atoms with E-state index in [2.05, 4.69) is 39.5 Å². The molecule has 0 radical (unpaired) electrons. The van der Waals surface area contributed by atoms with Gasteiger partial charge in [0.2, 0.25) is 0 Å². The van der Waals surface area contributed by atoms with E-state index < -0.39 is 0 Å². The highest BCUT2D eigenvalue weighted by atomic mass is 16.5. The number of hydrogen-bond donors (Lipinski definition) is 1. The zero-order valence-electron chi connectivity index (χ0n) is 11.4. The number of aliphatic hydroxyl groups is 1.